The number of aliphatic hydroxyl groups is 1. The molecule has 0 unspecified atom stereocenters. The Morgan fingerprint density at radius 3 is 2.41 bits per heavy atom. The fourth-order valence-electron chi connectivity index (χ4n) is 4.81. The number of halogens is 7. The van der Waals surface area contributed by atoms with Crippen LogP contribution in [0, 0.1) is 0 Å². The standard InChI is InChI=1S/C28H24ClF6N9O5/c29-16-7-5-15(6-8-16)21-40-43(26(49)42(21)12-19(46)28(33,34)35)13-20-38-23(25(48)41-10-2-3-17(45)11-41)44(39-20)22-18(4-1-9-36-22)24(47)37-14-27(30,31)32/h1,4-9,19,46H,2-3,10-14H2,(H,37,47)/t19-/m0/s1. The van der Waals surface area contributed by atoms with E-state index in [2.05, 4.69) is 20.2 Å². The predicted octanol–water partition coefficient (Wildman–Crippen LogP) is 2.41. The van der Waals surface area contributed by atoms with E-state index in [4.69, 9.17) is 11.6 Å². The van der Waals surface area contributed by atoms with Gasteiger partial charge in [-0.1, -0.05) is 11.6 Å². The lowest BCUT2D eigenvalue weighted by molar-refractivity contribution is -0.207. The molecule has 4 aromatic rings. The Morgan fingerprint density at radius 1 is 1.04 bits per heavy atom. The van der Waals surface area contributed by atoms with Crippen LogP contribution in [0.15, 0.2) is 47.4 Å². The molecule has 2 amide bonds. The molecular weight excluding hydrogens is 692 g/mol. The maximum Gasteiger partial charge on any atom is 0.416 e. The van der Waals surface area contributed by atoms with Gasteiger partial charge in [-0.15, -0.1) is 10.2 Å². The molecule has 0 spiro atoms. The van der Waals surface area contributed by atoms with Gasteiger partial charge >= 0.3 is 18.0 Å². The van der Waals surface area contributed by atoms with Gasteiger partial charge in [0, 0.05) is 29.7 Å². The number of pyridine rings is 1. The van der Waals surface area contributed by atoms with Crippen molar-refractivity contribution in [1.82, 2.24) is 44.3 Å². The molecule has 1 saturated heterocycles. The first-order chi connectivity index (χ1) is 23.0. The number of rotatable bonds is 9. The first-order valence-electron chi connectivity index (χ1n) is 14.3. The number of hydrogen-bond donors (Lipinski definition) is 2. The van der Waals surface area contributed by atoms with Crippen molar-refractivity contribution < 1.29 is 45.8 Å². The molecule has 5 rings (SSSR count). The van der Waals surface area contributed by atoms with E-state index in [-0.39, 0.29) is 47.5 Å². The molecule has 14 nitrogen and oxygen atoms in total. The zero-order chi connectivity index (χ0) is 35.7. The number of ketones is 1. The number of aliphatic hydroxyl groups excluding tert-OH is 1. The van der Waals surface area contributed by atoms with Gasteiger partial charge in [0.15, 0.2) is 29.4 Å². The highest BCUT2D eigenvalue weighted by atomic mass is 35.5. The molecule has 260 valence electrons. The van der Waals surface area contributed by atoms with Gasteiger partial charge in [-0.2, -0.15) is 31.0 Å². The fourth-order valence-corrected chi connectivity index (χ4v) is 4.94. The summed E-state index contributed by atoms with van der Waals surface area (Å²) in [4.78, 5) is 61.3. The topological polar surface area (TPSA) is 170 Å². The number of carbonyl (C=O) groups excluding carboxylic acids is 3. The van der Waals surface area contributed by atoms with E-state index >= 15 is 0 Å². The second kappa shape index (κ2) is 13.8. The summed E-state index contributed by atoms with van der Waals surface area (Å²) in [5.41, 5.74) is -1.43. The van der Waals surface area contributed by atoms with Gasteiger partial charge in [-0.25, -0.2) is 19.4 Å². The first kappa shape index (κ1) is 35.2. The van der Waals surface area contributed by atoms with Crippen LogP contribution in [0.5, 0.6) is 0 Å². The van der Waals surface area contributed by atoms with Gasteiger partial charge in [0.25, 0.3) is 11.8 Å². The Hall–Kier alpha value is -5.11. The second-order valence-electron chi connectivity index (χ2n) is 10.7. The average Bonchev–Trinajstić information content (AvgIpc) is 3.60. The molecule has 0 saturated carbocycles. The summed E-state index contributed by atoms with van der Waals surface area (Å²) in [5.74, 6) is -3.97. The summed E-state index contributed by atoms with van der Waals surface area (Å²) in [5, 5.41) is 20.0. The Bertz CT molecular complexity index is 1940. The van der Waals surface area contributed by atoms with Crippen molar-refractivity contribution in [3.8, 4) is 17.2 Å². The molecule has 3 aromatic heterocycles. The van der Waals surface area contributed by atoms with Crippen LogP contribution in [-0.4, -0.2) is 99.8 Å². The van der Waals surface area contributed by atoms with Crippen LogP contribution in [0.3, 0.4) is 0 Å². The number of amides is 2. The van der Waals surface area contributed by atoms with E-state index in [1.165, 1.54) is 30.3 Å². The Kier molecular flexibility index (Phi) is 9.90. The van der Waals surface area contributed by atoms with Crippen LogP contribution >= 0.6 is 11.6 Å². The predicted molar refractivity (Wildman–Crippen MR) is 156 cm³/mol. The van der Waals surface area contributed by atoms with E-state index in [9.17, 15) is 50.6 Å². The molecule has 1 aliphatic rings. The highest BCUT2D eigenvalue weighted by Crippen LogP contribution is 2.25. The number of hydrogen-bond acceptors (Lipinski definition) is 9. The summed E-state index contributed by atoms with van der Waals surface area (Å²) < 4.78 is 80.4. The van der Waals surface area contributed by atoms with Crippen molar-refractivity contribution in [2.75, 3.05) is 19.6 Å². The minimum atomic E-state index is -5.09. The van der Waals surface area contributed by atoms with Crippen molar-refractivity contribution in [3.05, 3.63) is 75.3 Å². The molecule has 1 fully saturated rings. The lowest BCUT2D eigenvalue weighted by atomic mass is 10.1. The van der Waals surface area contributed by atoms with Crippen molar-refractivity contribution in [3.63, 3.8) is 0 Å². The van der Waals surface area contributed by atoms with Gasteiger partial charge in [0.05, 0.1) is 18.7 Å². The third-order valence-electron chi connectivity index (χ3n) is 7.11. The minimum Gasteiger partial charge on any atom is -0.382 e. The SMILES string of the molecule is O=C1CCCN(C(=O)c2nc(Cn3nc(-c4ccc(Cl)cc4)n(C[C@H](O)C(F)(F)F)c3=O)nn2-c2ncccc2C(=O)NCC(F)(F)F)C1. The number of carbonyl (C=O) groups is 3. The number of aromatic nitrogens is 7. The van der Waals surface area contributed by atoms with E-state index < -0.39 is 72.8 Å². The fraction of sp³-hybridized carbons (Fsp3) is 0.357. The molecule has 1 aliphatic heterocycles. The molecule has 0 radical (unpaired) electrons. The van der Waals surface area contributed by atoms with E-state index in [0.29, 0.717) is 15.7 Å². The molecule has 4 heterocycles. The van der Waals surface area contributed by atoms with E-state index in [1.54, 1.807) is 5.32 Å². The van der Waals surface area contributed by atoms with Crippen LogP contribution in [0.2, 0.25) is 5.02 Å². The zero-order valence-electron chi connectivity index (χ0n) is 24.9. The van der Waals surface area contributed by atoms with Crippen LogP contribution in [0.25, 0.3) is 17.2 Å². The number of likely N-dealkylation sites (tertiary alicyclic amines) is 1. The Labute approximate surface area is 275 Å². The number of nitrogens with one attached hydrogen (secondary N) is 1. The highest BCUT2D eigenvalue weighted by Gasteiger charge is 2.39. The number of Topliss-reactive ketones (excluding diaryl/α,β-unsaturated/α-hetero) is 1. The van der Waals surface area contributed by atoms with Gasteiger partial charge < -0.3 is 15.3 Å². The maximum absolute atomic E-state index is 13.6. The molecule has 0 bridgehead atoms. The molecule has 21 heteroatoms. The normalized spacial score (nSPS) is 14.6. The Morgan fingerprint density at radius 2 is 1.76 bits per heavy atom. The van der Waals surface area contributed by atoms with E-state index in [1.807, 2.05) is 0 Å². The van der Waals surface area contributed by atoms with Crippen LogP contribution in [0.4, 0.5) is 26.3 Å². The van der Waals surface area contributed by atoms with Crippen LogP contribution in [0.1, 0.15) is 39.6 Å². The Balaban J connectivity index is 1.59. The van der Waals surface area contributed by atoms with Crippen molar-refractivity contribution in [2.24, 2.45) is 0 Å². The molecular formula is C28H24ClF6N9O5. The number of piperidine rings is 1. The van der Waals surface area contributed by atoms with Gasteiger partial charge in [-0.3, -0.25) is 19.0 Å². The van der Waals surface area contributed by atoms with E-state index in [0.717, 1.165) is 21.8 Å². The van der Waals surface area contributed by atoms with Crippen LogP contribution in [-0.2, 0) is 17.9 Å². The summed E-state index contributed by atoms with van der Waals surface area (Å²) >= 11 is 5.92. The minimum absolute atomic E-state index is 0.129. The lowest BCUT2D eigenvalue weighted by Crippen LogP contribution is -2.41. The maximum atomic E-state index is 13.6. The van der Waals surface area contributed by atoms with Gasteiger partial charge in [0.2, 0.25) is 5.82 Å². The number of alkyl halides is 6. The lowest BCUT2D eigenvalue weighted by Gasteiger charge is -2.25. The number of nitrogens with zero attached hydrogens (tertiary/aromatic N) is 8. The largest absolute Gasteiger partial charge is 0.416 e. The van der Waals surface area contributed by atoms with Gasteiger partial charge in [0.1, 0.15) is 13.1 Å². The van der Waals surface area contributed by atoms with Crippen molar-refractivity contribution >= 4 is 29.2 Å². The monoisotopic (exact) mass is 715 g/mol. The zero-order valence-corrected chi connectivity index (χ0v) is 25.6. The smallest absolute Gasteiger partial charge is 0.382 e. The highest BCUT2D eigenvalue weighted by molar-refractivity contribution is 6.30. The first-order valence-corrected chi connectivity index (χ1v) is 14.6. The number of benzene rings is 1. The quantitative estimate of drug-likeness (QED) is 0.247. The summed E-state index contributed by atoms with van der Waals surface area (Å²) in [6, 6.07) is 7.90. The van der Waals surface area contributed by atoms with Crippen molar-refractivity contribution in [2.45, 2.75) is 44.4 Å². The molecule has 2 N–H and O–H groups in total. The van der Waals surface area contributed by atoms with Gasteiger partial charge in [-0.05, 0) is 42.8 Å². The summed E-state index contributed by atoms with van der Waals surface area (Å²) in [6.45, 7) is -3.76. The molecule has 49 heavy (non-hydrogen) atoms. The molecule has 1 aromatic carbocycles. The molecule has 1 atom stereocenters. The van der Waals surface area contributed by atoms with Crippen molar-refractivity contribution in [1.29, 1.82) is 0 Å². The average molecular weight is 716 g/mol. The third kappa shape index (κ3) is 8.13. The summed E-state index contributed by atoms with van der Waals surface area (Å²) in [6.07, 6.45) is -11.1. The molecule has 0 aliphatic carbocycles. The third-order valence-corrected chi connectivity index (χ3v) is 7.36. The second-order valence-corrected chi connectivity index (χ2v) is 11.2. The van der Waals surface area contributed by atoms with Crippen LogP contribution < -0.4 is 11.0 Å². The summed E-state index contributed by atoms with van der Waals surface area (Å²) in [7, 11) is 0.